The van der Waals surface area contributed by atoms with Gasteiger partial charge in [-0.2, -0.15) is 0 Å². The van der Waals surface area contributed by atoms with Crippen molar-refractivity contribution < 1.29 is 4.79 Å². The van der Waals surface area contributed by atoms with Gasteiger partial charge in [0.2, 0.25) is 5.13 Å². The first kappa shape index (κ1) is 14.4. The van der Waals surface area contributed by atoms with Crippen molar-refractivity contribution in [2.75, 3.05) is 5.32 Å². The van der Waals surface area contributed by atoms with Crippen LogP contribution in [-0.2, 0) is 0 Å². The molecule has 0 saturated heterocycles. The molecule has 5 heteroatoms. The number of carbonyl (C=O) groups is 1. The highest BCUT2D eigenvalue weighted by molar-refractivity contribution is 7.18. The second kappa shape index (κ2) is 6.07. The number of nitrogens with one attached hydrogen (secondary N) is 1. The van der Waals surface area contributed by atoms with Gasteiger partial charge in [-0.3, -0.25) is 10.1 Å². The quantitative estimate of drug-likeness (QED) is 0.793. The van der Waals surface area contributed by atoms with Crippen LogP contribution < -0.4 is 5.32 Å². The van der Waals surface area contributed by atoms with Gasteiger partial charge in [-0.05, 0) is 25.5 Å². The van der Waals surface area contributed by atoms with Crippen LogP contribution in [0.4, 0.5) is 5.13 Å². The first-order valence-corrected chi connectivity index (χ1v) is 7.72. The van der Waals surface area contributed by atoms with E-state index in [1.54, 1.807) is 6.07 Å². The maximum Gasteiger partial charge on any atom is 0.257 e. The normalized spacial score (nSPS) is 10.5. The average molecular weight is 309 g/mol. The third kappa shape index (κ3) is 3.04. The molecule has 3 rings (SSSR count). The second-order valence-corrected chi connectivity index (χ2v) is 6.02. The highest BCUT2D eigenvalue weighted by Crippen LogP contribution is 2.26. The Labute approximate surface area is 132 Å². The number of aromatic nitrogens is 2. The smallest absolute Gasteiger partial charge is 0.257 e. The fraction of sp³-hybridized carbons (Fsp3) is 0.118. The van der Waals surface area contributed by atoms with Crippen LogP contribution in [-0.4, -0.2) is 16.1 Å². The van der Waals surface area contributed by atoms with E-state index in [1.807, 2.05) is 56.3 Å². The van der Waals surface area contributed by atoms with Crippen molar-refractivity contribution in [3.8, 4) is 10.6 Å². The van der Waals surface area contributed by atoms with Gasteiger partial charge in [-0.15, -0.1) is 10.2 Å². The van der Waals surface area contributed by atoms with E-state index >= 15 is 0 Å². The maximum atomic E-state index is 12.3. The Kier molecular flexibility index (Phi) is 3.98. The van der Waals surface area contributed by atoms with Crippen LogP contribution in [0.2, 0.25) is 0 Å². The summed E-state index contributed by atoms with van der Waals surface area (Å²) in [6.45, 7) is 3.95. The van der Waals surface area contributed by atoms with E-state index in [0.29, 0.717) is 10.7 Å². The van der Waals surface area contributed by atoms with Gasteiger partial charge in [0.25, 0.3) is 5.91 Å². The zero-order valence-electron chi connectivity index (χ0n) is 12.3. The summed E-state index contributed by atoms with van der Waals surface area (Å²) >= 11 is 1.37. The van der Waals surface area contributed by atoms with Crippen LogP contribution in [0.3, 0.4) is 0 Å². The van der Waals surface area contributed by atoms with Crippen molar-refractivity contribution in [3.63, 3.8) is 0 Å². The fourth-order valence-corrected chi connectivity index (χ4v) is 2.82. The minimum Gasteiger partial charge on any atom is -0.296 e. The lowest BCUT2D eigenvalue weighted by Crippen LogP contribution is -2.12. The molecule has 3 aromatic rings. The number of hydrogen-bond acceptors (Lipinski definition) is 4. The molecule has 0 fully saturated rings. The summed E-state index contributed by atoms with van der Waals surface area (Å²) in [5.41, 5.74) is 3.78. The van der Waals surface area contributed by atoms with E-state index < -0.39 is 0 Å². The summed E-state index contributed by atoms with van der Waals surface area (Å²) in [6.07, 6.45) is 0. The molecule has 1 N–H and O–H groups in total. The first-order chi connectivity index (χ1) is 10.6. The molecule has 110 valence electrons. The number of carbonyl (C=O) groups excluding carboxylic acids is 1. The van der Waals surface area contributed by atoms with Gasteiger partial charge in [0, 0.05) is 11.1 Å². The molecule has 0 unspecified atom stereocenters. The van der Waals surface area contributed by atoms with Gasteiger partial charge in [0.15, 0.2) is 0 Å². The van der Waals surface area contributed by atoms with Crippen LogP contribution in [0.1, 0.15) is 21.5 Å². The molecule has 2 aromatic carbocycles. The van der Waals surface area contributed by atoms with Crippen molar-refractivity contribution in [1.82, 2.24) is 10.2 Å². The summed E-state index contributed by atoms with van der Waals surface area (Å²) in [5, 5.41) is 12.3. The van der Waals surface area contributed by atoms with Crippen molar-refractivity contribution in [1.29, 1.82) is 0 Å². The summed E-state index contributed by atoms with van der Waals surface area (Å²) in [7, 11) is 0. The van der Waals surface area contributed by atoms with Crippen molar-refractivity contribution >= 4 is 22.4 Å². The number of benzene rings is 2. The third-order valence-electron chi connectivity index (χ3n) is 3.33. The van der Waals surface area contributed by atoms with Crippen LogP contribution in [0.25, 0.3) is 10.6 Å². The minimum absolute atomic E-state index is 0.162. The van der Waals surface area contributed by atoms with Crippen molar-refractivity contribution in [3.05, 3.63) is 65.2 Å². The van der Waals surface area contributed by atoms with Crippen LogP contribution >= 0.6 is 11.3 Å². The number of hydrogen-bond donors (Lipinski definition) is 1. The van der Waals surface area contributed by atoms with Crippen LogP contribution in [0.5, 0.6) is 0 Å². The fourth-order valence-electron chi connectivity index (χ4n) is 2.08. The van der Waals surface area contributed by atoms with E-state index in [9.17, 15) is 4.79 Å². The molecule has 1 aromatic heterocycles. The van der Waals surface area contributed by atoms with E-state index in [-0.39, 0.29) is 5.91 Å². The molecular formula is C17H15N3OS. The first-order valence-electron chi connectivity index (χ1n) is 6.91. The molecule has 0 spiro atoms. The Hall–Kier alpha value is -2.53. The Morgan fingerprint density at radius 1 is 1.00 bits per heavy atom. The number of nitrogens with zero attached hydrogens (tertiary/aromatic N) is 2. The number of rotatable bonds is 3. The van der Waals surface area contributed by atoms with E-state index in [0.717, 1.165) is 16.1 Å². The molecule has 1 amide bonds. The lowest BCUT2D eigenvalue weighted by Gasteiger charge is -2.03. The molecule has 0 saturated carbocycles. The SMILES string of the molecule is Cc1ccc(-c2nnc(NC(=O)c3ccccc3C)s2)cc1. The van der Waals surface area contributed by atoms with E-state index in [4.69, 9.17) is 0 Å². The molecule has 1 heterocycles. The van der Waals surface area contributed by atoms with E-state index in [2.05, 4.69) is 15.5 Å². The zero-order chi connectivity index (χ0) is 15.5. The summed E-state index contributed by atoms with van der Waals surface area (Å²) in [5.74, 6) is -0.162. The predicted molar refractivity (Wildman–Crippen MR) is 89.2 cm³/mol. The Morgan fingerprint density at radius 2 is 1.73 bits per heavy atom. The molecule has 0 aliphatic heterocycles. The van der Waals surface area contributed by atoms with Crippen molar-refractivity contribution in [2.45, 2.75) is 13.8 Å². The standard InChI is InChI=1S/C17H15N3OS/c1-11-7-9-13(10-8-11)16-19-20-17(22-16)18-15(21)14-6-4-3-5-12(14)2/h3-10H,1-2H3,(H,18,20,21). The minimum atomic E-state index is -0.162. The third-order valence-corrected chi connectivity index (χ3v) is 4.22. The highest BCUT2D eigenvalue weighted by Gasteiger charge is 2.12. The molecule has 22 heavy (non-hydrogen) atoms. The Balaban J connectivity index is 1.78. The van der Waals surface area contributed by atoms with Gasteiger partial charge >= 0.3 is 0 Å². The second-order valence-electron chi connectivity index (χ2n) is 5.05. The molecule has 4 nitrogen and oxygen atoms in total. The lowest BCUT2D eigenvalue weighted by atomic mass is 10.1. The Morgan fingerprint density at radius 3 is 2.45 bits per heavy atom. The van der Waals surface area contributed by atoms with Gasteiger partial charge < -0.3 is 0 Å². The average Bonchev–Trinajstić information content (AvgIpc) is 2.97. The molecule has 0 atom stereocenters. The summed E-state index contributed by atoms with van der Waals surface area (Å²) in [4.78, 5) is 12.3. The summed E-state index contributed by atoms with van der Waals surface area (Å²) in [6, 6.07) is 15.5. The topological polar surface area (TPSA) is 54.9 Å². The number of amides is 1. The maximum absolute atomic E-state index is 12.3. The molecule has 0 bridgehead atoms. The van der Waals surface area contributed by atoms with Crippen LogP contribution in [0, 0.1) is 13.8 Å². The Bertz CT molecular complexity index is 809. The summed E-state index contributed by atoms with van der Waals surface area (Å²) < 4.78 is 0. The van der Waals surface area contributed by atoms with Gasteiger partial charge in [0.1, 0.15) is 5.01 Å². The van der Waals surface area contributed by atoms with Gasteiger partial charge in [-0.25, -0.2) is 0 Å². The van der Waals surface area contributed by atoms with Gasteiger partial charge in [-0.1, -0.05) is 59.4 Å². The van der Waals surface area contributed by atoms with E-state index in [1.165, 1.54) is 16.9 Å². The predicted octanol–water partition coefficient (Wildman–Crippen LogP) is 4.07. The molecular weight excluding hydrogens is 294 g/mol. The van der Waals surface area contributed by atoms with Crippen LogP contribution in [0.15, 0.2) is 48.5 Å². The number of anilines is 1. The molecule has 0 aliphatic carbocycles. The van der Waals surface area contributed by atoms with Crippen molar-refractivity contribution in [2.24, 2.45) is 0 Å². The number of aryl methyl sites for hydroxylation is 2. The highest BCUT2D eigenvalue weighted by atomic mass is 32.1. The monoisotopic (exact) mass is 309 g/mol. The zero-order valence-corrected chi connectivity index (χ0v) is 13.1. The van der Waals surface area contributed by atoms with Gasteiger partial charge in [0.05, 0.1) is 0 Å². The molecule has 0 radical (unpaired) electrons. The lowest BCUT2D eigenvalue weighted by molar-refractivity contribution is 0.102. The molecule has 0 aliphatic rings. The largest absolute Gasteiger partial charge is 0.296 e.